The van der Waals surface area contributed by atoms with E-state index in [-0.39, 0.29) is 25.6 Å². The summed E-state index contributed by atoms with van der Waals surface area (Å²) in [6, 6.07) is 0.625. The maximum absolute atomic E-state index is 9.40. The predicted molar refractivity (Wildman–Crippen MR) is 118 cm³/mol. The maximum atomic E-state index is 9.40. The average molecular weight is 422 g/mol. The van der Waals surface area contributed by atoms with Crippen molar-refractivity contribution in [3.05, 3.63) is 0 Å². The van der Waals surface area contributed by atoms with E-state index < -0.39 is 0 Å². The van der Waals surface area contributed by atoms with Gasteiger partial charge in [0.05, 0.1) is 19.3 Å². The number of aliphatic hydroxyl groups is 2. The van der Waals surface area contributed by atoms with E-state index in [2.05, 4.69) is 13.8 Å². The van der Waals surface area contributed by atoms with E-state index in [0.717, 1.165) is 13.1 Å². The lowest BCUT2D eigenvalue weighted by Crippen LogP contribution is -3.16. The van der Waals surface area contributed by atoms with Crippen LogP contribution in [0.2, 0.25) is 0 Å². The fourth-order valence-corrected chi connectivity index (χ4v) is 4.25. The minimum Gasteiger partial charge on any atom is -1.00 e. The Morgan fingerprint density at radius 1 is 0.536 bits per heavy atom. The van der Waals surface area contributed by atoms with Gasteiger partial charge in [0.1, 0.15) is 13.1 Å². The molecule has 0 aromatic rings. The molecule has 0 saturated heterocycles. The Labute approximate surface area is 183 Å². The Hall–Kier alpha value is 0.170. The molecule has 172 valence electrons. The predicted octanol–water partition coefficient (Wildman–Crippen LogP) is 1.90. The fourth-order valence-electron chi connectivity index (χ4n) is 4.25. The second kappa shape index (κ2) is 25.2. The topological polar surface area (TPSA) is 44.9 Å². The smallest absolute Gasteiger partial charge is 0.101 e. The van der Waals surface area contributed by atoms with Crippen LogP contribution in [0.3, 0.4) is 0 Å². The molecule has 0 saturated carbocycles. The Kier molecular flexibility index (Phi) is 27.3. The molecule has 0 radical (unpaired) electrons. The van der Waals surface area contributed by atoms with Gasteiger partial charge in [-0.05, 0) is 25.7 Å². The maximum Gasteiger partial charge on any atom is 0.101 e. The summed E-state index contributed by atoms with van der Waals surface area (Å²) in [5.41, 5.74) is 0. The minimum absolute atomic E-state index is 0. The third kappa shape index (κ3) is 19.5. The Balaban J connectivity index is 0. The van der Waals surface area contributed by atoms with Gasteiger partial charge in [0.15, 0.2) is 0 Å². The lowest BCUT2D eigenvalue weighted by Gasteiger charge is -2.28. The summed E-state index contributed by atoms with van der Waals surface area (Å²) in [7, 11) is 0. The molecular formula is C24H52ClNO2. The van der Waals surface area contributed by atoms with Crippen molar-refractivity contribution in [1.29, 1.82) is 0 Å². The SMILES string of the molecule is CCCCCCCCCCCCC(CCCCCCC)[NH+](CCO)CCO.[Cl-]. The van der Waals surface area contributed by atoms with Gasteiger partial charge in [0, 0.05) is 0 Å². The molecule has 0 spiro atoms. The molecule has 28 heavy (non-hydrogen) atoms. The average Bonchev–Trinajstić information content (AvgIpc) is 2.67. The number of hydrogen-bond donors (Lipinski definition) is 3. The van der Waals surface area contributed by atoms with Crippen molar-refractivity contribution in [1.82, 2.24) is 0 Å². The first kappa shape index (κ1) is 30.4. The van der Waals surface area contributed by atoms with Crippen LogP contribution in [0.1, 0.15) is 123 Å². The number of nitrogens with one attached hydrogen (secondary N) is 1. The van der Waals surface area contributed by atoms with Gasteiger partial charge in [0.2, 0.25) is 0 Å². The lowest BCUT2D eigenvalue weighted by molar-refractivity contribution is -0.927. The summed E-state index contributed by atoms with van der Waals surface area (Å²) in [6.07, 6.45) is 23.1. The molecule has 0 bridgehead atoms. The number of aliphatic hydroxyl groups excluding tert-OH is 2. The van der Waals surface area contributed by atoms with E-state index >= 15 is 0 Å². The zero-order chi connectivity index (χ0) is 20.0. The fraction of sp³-hybridized carbons (Fsp3) is 1.00. The van der Waals surface area contributed by atoms with Crippen molar-refractivity contribution < 1.29 is 27.5 Å². The molecule has 0 aromatic heterocycles. The van der Waals surface area contributed by atoms with Gasteiger partial charge in [-0.2, -0.15) is 0 Å². The van der Waals surface area contributed by atoms with E-state index in [1.54, 1.807) is 0 Å². The van der Waals surface area contributed by atoms with Gasteiger partial charge in [-0.15, -0.1) is 0 Å². The molecule has 0 aliphatic carbocycles. The zero-order valence-electron chi connectivity index (χ0n) is 19.2. The summed E-state index contributed by atoms with van der Waals surface area (Å²) < 4.78 is 0. The highest BCUT2D eigenvalue weighted by atomic mass is 35.5. The molecule has 0 rings (SSSR count). The van der Waals surface area contributed by atoms with Crippen molar-refractivity contribution in [2.24, 2.45) is 0 Å². The Morgan fingerprint density at radius 3 is 1.18 bits per heavy atom. The van der Waals surface area contributed by atoms with Crippen LogP contribution >= 0.6 is 0 Å². The second-order valence-corrected chi connectivity index (χ2v) is 8.48. The Bertz CT molecular complexity index is 273. The molecule has 0 amide bonds. The zero-order valence-corrected chi connectivity index (χ0v) is 20.0. The number of unbranched alkanes of at least 4 members (excludes halogenated alkanes) is 13. The first-order valence-electron chi connectivity index (χ1n) is 12.4. The molecule has 0 heterocycles. The van der Waals surface area contributed by atoms with Crippen LogP contribution in [0, 0.1) is 0 Å². The molecular weight excluding hydrogens is 370 g/mol. The Morgan fingerprint density at radius 2 is 0.857 bits per heavy atom. The lowest BCUT2D eigenvalue weighted by atomic mass is 9.98. The van der Waals surface area contributed by atoms with Crippen LogP contribution in [0.15, 0.2) is 0 Å². The van der Waals surface area contributed by atoms with Crippen LogP contribution in [0.5, 0.6) is 0 Å². The summed E-state index contributed by atoms with van der Waals surface area (Å²) in [6.45, 7) is 6.60. The van der Waals surface area contributed by atoms with Crippen molar-refractivity contribution >= 4 is 0 Å². The highest BCUT2D eigenvalue weighted by molar-refractivity contribution is 4.59. The number of quaternary nitrogens is 1. The molecule has 1 atom stereocenters. The van der Waals surface area contributed by atoms with E-state index in [0.29, 0.717) is 6.04 Å². The van der Waals surface area contributed by atoms with Crippen molar-refractivity contribution in [2.45, 2.75) is 129 Å². The minimum atomic E-state index is 0. The van der Waals surface area contributed by atoms with Crippen LogP contribution in [-0.4, -0.2) is 42.6 Å². The highest BCUT2D eigenvalue weighted by Gasteiger charge is 2.20. The molecule has 3 N–H and O–H groups in total. The monoisotopic (exact) mass is 421 g/mol. The number of hydrogen-bond acceptors (Lipinski definition) is 2. The van der Waals surface area contributed by atoms with Crippen LogP contribution in [-0.2, 0) is 0 Å². The number of rotatable bonds is 22. The quantitative estimate of drug-likeness (QED) is 0.234. The normalized spacial score (nSPS) is 12.3. The van der Waals surface area contributed by atoms with Crippen molar-refractivity contribution in [3.63, 3.8) is 0 Å². The van der Waals surface area contributed by atoms with Gasteiger partial charge in [-0.1, -0.05) is 97.3 Å². The standard InChI is InChI=1S/C24H51NO2.ClH/c1-3-5-7-9-10-11-12-13-15-17-19-24(18-16-14-8-6-4-2)25(20-22-26)21-23-27;/h24,26-27H,3-23H2,1-2H3;1H. The summed E-state index contributed by atoms with van der Waals surface area (Å²) >= 11 is 0. The molecule has 3 nitrogen and oxygen atoms in total. The largest absolute Gasteiger partial charge is 1.00 e. The van der Waals surface area contributed by atoms with Crippen LogP contribution in [0.4, 0.5) is 0 Å². The number of halogens is 1. The summed E-state index contributed by atoms with van der Waals surface area (Å²) in [5.74, 6) is 0. The summed E-state index contributed by atoms with van der Waals surface area (Å²) in [5, 5.41) is 18.8. The third-order valence-corrected chi connectivity index (χ3v) is 6.01. The van der Waals surface area contributed by atoms with Gasteiger partial charge in [-0.3, -0.25) is 0 Å². The van der Waals surface area contributed by atoms with Crippen molar-refractivity contribution in [3.8, 4) is 0 Å². The molecule has 0 aliphatic heterocycles. The molecule has 4 heteroatoms. The third-order valence-electron chi connectivity index (χ3n) is 6.01. The van der Waals surface area contributed by atoms with E-state index in [9.17, 15) is 10.2 Å². The molecule has 0 fully saturated rings. The van der Waals surface area contributed by atoms with Crippen LogP contribution < -0.4 is 17.3 Å². The van der Waals surface area contributed by atoms with E-state index in [4.69, 9.17) is 0 Å². The van der Waals surface area contributed by atoms with Crippen LogP contribution in [0.25, 0.3) is 0 Å². The molecule has 0 aromatic carbocycles. The van der Waals surface area contributed by atoms with E-state index in [1.807, 2.05) is 0 Å². The van der Waals surface area contributed by atoms with Gasteiger partial charge in [0.25, 0.3) is 0 Å². The molecule has 0 aliphatic rings. The second-order valence-electron chi connectivity index (χ2n) is 8.48. The highest BCUT2D eigenvalue weighted by Crippen LogP contribution is 2.14. The van der Waals surface area contributed by atoms with Crippen molar-refractivity contribution in [2.75, 3.05) is 26.3 Å². The first-order chi connectivity index (χ1) is 13.3. The molecule has 1 unspecified atom stereocenters. The van der Waals surface area contributed by atoms with Gasteiger partial charge < -0.3 is 27.5 Å². The van der Waals surface area contributed by atoms with Gasteiger partial charge in [-0.25, -0.2) is 0 Å². The van der Waals surface area contributed by atoms with E-state index in [1.165, 1.54) is 114 Å². The summed E-state index contributed by atoms with van der Waals surface area (Å²) in [4.78, 5) is 1.42. The first-order valence-corrected chi connectivity index (χ1v) is 12.4. The van der Waals surface area contributed by atoms with Gasteiger partial charge >= 0.3 is 0 Å².